The SMILES string of the molecule is CC1C(N)CCC1SCCO. The first-order chi connectivity index (χ1) is 5.25. The van der Waals surface area contributed by atoms with E-state index in [1.807, 2.05) is 11.8 Å². The van der Waals surface area contributed by atoms with Gasteiger partial charge in [-0.3, -0.25) is 0 Å². The van der Waals surface area contributed by atoms with Crippen LogP contribution in [0.25, 0.3) is 0 Å². The van der Waals surface area contributed by atoms with Crippen molar-refractivity contribution in [3.05, 3.63) is 0 Å². The summed E-state index contributed by atoms with van der Waals surface area (Å²) in [6.07, 6.45) is 2.39. The van der Waals surface area contributed by atoms with Gasteiger partial charge in [0.05, 0.1) is 6.61 Å². The molecule has 1 aliphatic carbocycles. The smallest absolute Gasteiger partial charge is 0.0521 e. The van der Waals surface area contributed by atoms with Gasteiger partial charge in [-0.2, -0.15) is 11.8 Å². The van der Waals surface area contributed by atoms with Gasteiger partial charge in [0.15, 0.2) is 0 Å². The Morgan fingerprint density at radius 1 is 1.55 bits per heavy atom. The molecule has 0 aromatic carbocycles. The van der Waals surface area contributed by atoms with Gasteiger partial charge >= 0.3 is 0 Å². The molecule has 0 aromatic heterocycles. The van der Waals surface area contributed by atoms with Gasteiger partial charge in [-0.05, 0) is 18.8 Å². The number of rotatable bonds is 3. The molecule has 1 fully saturated rings. The Kier molecular flexibility index (Phi) is 3.69. The Bertz CT molecular complexity index is 121. The normalized spacial score (nSPS) is 37.9. The molecule has 66 valence electrons. The van der Waals surface area contributed by atoms with E-state index in [-0.39, 0.29) is 0 Å². The predicted octanol–water partition coefficient (Wildman–Crippen LogP) is 0.838. The molecule has 2 nitrogen and oxygen atoms in total. The molecular formula is C8H17NOS. The van der Waals surface area contributed by atoms with Gasteiger partial charge in [0.25, 0.3) is 0 Å². The van der Waals surface area contributed by atoms with Crippen molar-refractivity contribution < 1.29 is 5.11 Å². The van der Waals surface area contributed by atoms with Crippen molar-refractivity contribution in [1.29, 1.82) is 0 Å². The Balaban J connectivity index is 2.24. The van der Waals surface area contributed by atoms with E-state index < -0.39 is 0 Å². The molecule has 0 bridgehead atoms. The van der Waals surface area contributed by atoms with Gasteiger partial charge in [0.2, 0.25) is 0 Å². The van der Waals surface area contributed by atoms with Gasteiger partial charge in [0, 0.05) is 17.0 Å². The third-order valence-electron chi connectivity index (χ3n) is 2.47. The van der Waals surface area contributed by atoms with Gasteiger partial charge in [-0.15, -0.1) is 0 Å². The van der Waals surface area contributed by atoms with Crippen molar-refractivity contribution in [3.63, 3.8) is 0 Å². The molecule has 0 heterocycles. The van der Waals surface area contributed by atoms with Crippen LogP contribution >= 0.6 is 11.8 Å². The van der Waals surface area contributed by atoms with Crippen LogP contribution in [0, 0.1) is 5.92 Å². The maximum absolute atomic E-state index is 8.63. The number of aliphatic hydroxyl groups is 1. The molecule has 0 spiro atoms. The van der Waals surface area contributed by atoms with Crippen LogP contribution in [-0.4, -0.2) is 28.8 Å². The number of aliphatic hydroxyl groups excluding tert-OH is 1. The summed E-state index contributed by atoms with van der Waals surface area (Å²) in [7, 11) is 0. The summed E-state index contributed by atoms with van der Waals surface area (Å²) >= 11 is 1.87. The maximum atomic E-state index is 8.63. The highest BCUT2D eigenvalue weighted by Crippen LogP contribution is 2.33. The zero-order valence-electron chi connectivity index (χ0n) is 6.99. The van der Waals surface area contributed by atoms with E-state index >= 15 is 0 Å². The average molecular weight is 175 g/mol. The Hall–Kier alpha value is 0.270. The molecule has 3 heteroatoms. The lowest BCUT2D eigenvalue weighted by Crippen LogP contribution is -2.26. The number of hydrogen-bond acceptors (Lipinski definition) is 3. The Morgan fingerprint density at radius 3 is 2.73 bits per heavy atom. The zero-order valence-corrected chi connectivity index (χ0v) is 7.81. The number of hydrogen-bond donors (Lipinski definition) is 2. The summed E-state index contributed by atoms with van der Waals surface area (Å²) in [4.78, 5) is 0. The molecule has 1 aliphatic rings. The molecule has 1 rings (SSSR count). The summed E-state index contributed by atoms with van der Waals surface area (Å²) < 4.78 is 0. The van der Waals surface area contributed by atoms with Crippen LogP contribution in [0.1, 0.15) is 19.8 Å². The standard InChI is InChI=1S/C8H17NOS/c1-6-7(9)2-3-8(6)11-5-4-10/h6-8,10H,2-5,9H2,1H3. The number of nitrogens with two attached hydrogens (primary N) is 1. The van der Waals surface area contributed by atoms with Crippen LogP contribution < -0.4 is 5.73 Å². The van der Waals surface area contributed by atoms with Gasteiger partial charge in [0.1, 0.15) is 0 Å². The van der Waals surface area contributed by atoms with E-state index in [1.54, 1.807) is 0 Å². The first kappa shape index (κ1) is 9.36. The molecule has 0 aromatic rings. The van der Waals surface area contributed by atoms with Crippen molar-refractivity contribution in [1.82, 2.24) is 0 Å². The van der Waals surface area contributed by atoms with Crippen LogP contribution in [-0.2, 0) is 0 Å². The second-order valence-corrected chi connectivity index (χ2v) is 4.58. The summed E-state index contributed by atoms with van der Waals surface area (Å²) in [5.74, 6) is 1.49. The first-order valence-corrected chi connectivity index (χ1v) is 5.28. The van der Waals surface area contributed by atoms with Crippen LogP contribution in [0.2, 0.25) is 0 Å². The lowest BCUT2D eigenvalue weighted by atomic mass is 10.1. The molecule has 11 heavy (non-hydrogen) atoms. The third kappa shape index (κ3) is 2.36. The van der Waals surface area contributed by atoms with Gasteiger partial charge in [-0.1, -0.05) is 6.92 Å². The molecule has 1 saturated carbocycles. The van der Waals surface area contributed by atoms with E-state index in [4.69, 9.17) is 10.8 Å². The topological polar surface area (TPSA) is 46.2 Å². The highest BCUT2D eigenvalue weighted by molar-refractivity contribution is 7.99. The lowest BCUT2D eigenvalue weighted by Gasteiger charge is -2.16. The predicted molar refractivity (Wildman–Crippen MR) is 49.7 cm³/mol. The minimum Gasteiger partial charge on any atom is -0.396 e. The minimum absolute atomic E-state index is 0.295. The lowest BCUT2D eigenvalue weighted by molar-refractivity contribution is 0.322. The average Bonchev–Trinajstić information content (AvgIpc) is 2.31. The Labute approximate surface area is 72.5 Å². The zero-order chi connectivity index (χ0) is 8.27. The summed E-state index contributed by atoms with van der Waals surface area (Å²) in [5.41, 5.74) is 5.86. The highest BCUT2D eigenvalue weighted by Gasteiger charge is 2.29. The van der Waals surface area contributed by atoms with Crippen LogP contribution in [0.3, 0.4) is 0 Å². The van der Waals surface area contributed by atoms with E-state index in [0.29, 0.717) is 23.8 Å². The molecule has 0 saturated heterocycles. The van der Waals surface area contributed by atoms with Crippen molar-refractivity contribution in [2.24, 2.45) is 11.7 Å². The van der Waals surface area contributed by atoms with Gasteiger partial charge in [-0.25, -0.2) is 0 Å². The largest absolute Gasteiger partial charge is 0.396 e. The van der Waals surface area contributed by atoms with Crippen LogP contribution in [0.5, 0.6) is 0 Å². The quantitative estimate of drug-likeness (QED) is 0.668. The van der Waals surface area contributed by atoms with Crippen molar-refractivity contribution in [2.45, 2.75) is 31.1 Å². The van der Waals surface area contributed by atoms with Gasteiger partial charge < -0.3 is 10.8 Å². The fraction of sp³-hybridized carbons (Fsp3) is 1.00. The maximum Gasteiger partial charge on any atom is 0.0521 e. The van der Waals surface area contributed by atoms with Crippen molar-refractivity contribution in [3.8, 4) is 0 Å². The number of thioether (sulfide) groups is 1. The van der Waals surface area contributed by atoms with Crippen LogP contribution in [0.4, 0.5) is 0 Å². The van der Waals surface area contributed by atoms with E-state index in [0.717, 1.165) is 12.2 Å². The summed E-state index contributed by atoms with van der Waals surface area (Å²) in [6, 6.07) is 0.395. The Morgan fingerprint density at radius 2 is 2.27 bits per heavy atom. The monoisotopic (exact) mass is 175 g/mol. The molecule has 0 amide bonds. The molecule has 3 unspecified atom stereocenters. The molecule has 0 aliphatic heterocycles. The highest BCUT2D eigenvalue weighted by atomic mass is 32.2. The summed E-state index contributed by atoms with van der Waals surface area (Å²) in [5, 5.41) is 9.32. The fourth-order valence-electron chi connectivity index (χ4n) is 1.60. The fourth-order valence-corrected chi connectivity index (χ4v) is 2.81. The molecule has 3 atom stereocenters. The second-order valence-electron chi connectivity index (χ2n) is 3.23. The molecule has 0 radical (unpaired) electrons. The van der Waals surface area contributed by atoms with E-state index in [2.05, 4.69) is 6.92 Å². The molecular weight excluding hydrogens is 158 g/mol. The van der Waals surface area contributed by atoms with Crippen LogP contribution in [0.15, 0.2) is 0 Å². The summed E-state index contributed by atoms with van der Waals surface area (Å²) in [6.45, 7) is 2.51. The van der Waals surface area contributed by atoms with E-state index in [1.165, 1.54) is 6.42 Å². The van der Waals surface area contributed by atoms with E-state index in [9.17, 15) is 0 Å². The van der Waals surface area contributed by atoms with Crippen molar-refractivity contribution >= 4 is 11.8 Å². The first-order valence-electron chi connectivity index (χ1n) is 4.23. The molecule has 3 N–H and O–H groups in total. The second kappa shape index (κ2) is 4.33. The minimum atomic E-state index is 0.295. The third-order valence-corrected chi connectivity index (χ3v) is 3.98. The van der Waals surface area contributed by atoms with Crippen molar-refractivity contribution in [2.75, 3.05) is 12.4 Å².